The first kappa shape index (κ1) is 33.5. The van der Waals surface area contributed by atoms with Crippen molar-refractivity contribution in [3.8, 4) is 0 Å². The molecule has 2 amide bonds. The lowest BCUT2D eigenvalue weighted by molar-refractivity contribution is -0.118. The number of aromatic nitrogens is 1. The van der Waals surface area contributed by atoms with Gasteiger partial charge < -0.3 is 25.4 Å². The van der Waals surface area contributed by atoms with Crippen molar-refractivity contribution in [3.63, 3.8) is 0 Å². The number of ether oxygens (including phenoxy) is 2. The molecule has 4 atom stereocenters. The average Bonchev–Trinajstić information content (AvgIpc) is 3.09. The van der Waals surface area contributed by atoms with E-state index in [2.05, 4.69) is 27.9 Å². The number of pyridine rings is 1. The van der Waals surface area contributed by atoms with Gasteiger partial charge in [0.15, 0.2) is 0 Å². The summed E-state index contributed by atoms with van der Waals surface area (Å²) < 4.78 is 11.5. The summed E-state index contributed by atoms with van der Waals surface area (Å²) in [6, 6.07) is 30.2. The topological polar surface area (TPSA) is 102 Å². The minimum atomic E-state index is -0.939. The van der Waals surface area contributed by atoms with Crippen molar-refractivity contribution in [1.29, 1.82) is 0 Å². The maximum Gasteiger partial charge on any atom is 0.407 e. The summed E-state index contributed by atoms with van der Waals surface area (Å²) in [6.07, 6.45) is 2.48. The SMILES string of the molecule is COC(=O)N[C@H](C(=O)Nc1ccccc1CC[C@@H]1CN[C@H](C)[C@@H](CSc2ccc(Cl)cn2)O1)C(c1ccccc1)c1ccccc1. The molecule has 0 bridgehead atoms. The van der Waals surface area contributed by atoms with E-state index in [1.165, 1.54) is 7.11 Å². The molecule has 0 spiro atoms. The van der Waals surface area contributed by atoms with Crippen LogP contribution in [-0.4, -0.2) is 60.7 Å². The van der Waals surface area contributed by atoms with Crippen molar-refractivity contribution >= 4 is 41.1 Å². The largest absolute Gasteiger partial charge is 0.453 e. The molecule has 1 aliphatic rings. The van der Waals surface area contributed by atoms with Crippen molar-refractivity contribution in [1.82, 2.24) is 15.6 Å². The smallest absolute Gasteiger partial charge is 0.407 e. The van der Waals surface area contributed by atoms with E-state index in [9.17, 15) is 9.59 Å². The highest BCUT2D eigenvalue weighted by Crippen LogP contribution is 2.30. The summed E-state index contributed by atoms with van der Waals surface area (Å²) >= 11 is 7.63. The Bertz CT molecular complexity index is 1520. The number of rotatable bonds is 12. The van der Waals surface area contributed by atoms with E-state index in [0.29, 0.717) is 17.1 Å². The quantitative estimate of drug-likeness (QED) is 0.146. The van der Waals surface area contributed by atoms with Gasteiger partial charge in [-0.25, -0.2) is 9.78 Å². The fourth-order valence-electron chi connectivity index (χ4n) is 5.60. The molecule has 5 rings (SSSR count). The molecule has 0 radical (unpaired) electrons. The van der Waals surface area contributed by atoms with Crippen LogP contribution < -0.4 is 16.0 Å². The molecular weight excluding hydrogens is 620 g/mol. The zero-order chi connectivity index (χ0) is 32.3. The molecule has 0 saturated carbocycles. The molecule has 1 aliphatic heterocycles. The fourth-order valence-corrected chi connectivity index (χ4v) is 6.71. The number of nitrogens with one attached hydrogen (secondary N) is 3. The molecule has 8 nitrogen and oxygen atoms in total. The number of halogens is 1. The van der Waals surface area contributed by atoms with Crippen molar-refractivity contribution in [2.45, 2.75) is 55.0 Å². The predicted molar refractivity (Wildman–Crippen MR) is 184 cm³/mol. The van der Waals surface area contributed by atoms with E-state index in [1.807, 2.05) is 97.1 Å². The zero-order valence-corrected chi connectivity index (χ0v) is 27.5. The van der Waals surface area contributed by atoms with Crippen LogP contribution in [0.5, 0.6) is 0 Å². The Labute approximate surface area is 279 Å². The number of aryl methyl sites for hydroxylation is 1. The van der Waals surface area contributed by atoms with Crippen LogP contribution in [0.25, 0.3) is 0 Å². The van der Waals surface area contributed by atoms with E-state index >= 15 is 0 Å². The Morgan fingerprint density at radius 1 is 1.00 bits per heavy atom. The molecule has 10 heteroatoms. The van der Waals surface area contributed by atoms with Gasteiger partial charge in [0.05, 0.1) is 29.4 Å². The summed E-state index contributed by atoms with van der Waals surface area (Å²) in [5.74, 6) is -0.0204. The summed E-state index contributed by atoms with van der Waals surface area (Å²) in [5.41, 5.74) is 3.48. The van der Waals surface area contributed by atoms with Crippen molar-refractivity contribution in [2.75, 3.05) is 24.7 Å². The van der Waals surface area contributed by atoms with E-state index in [4.69, 9.17) is 21.1 Å². The van der Waals surface area contributed by atoms with Gasteiger partial charge in [-0.2, -0.15) is 0 Å². The van der Waals surface area contributed by atoms with Crippen LogP contribution in [0, 0.1) is 0 Å². The molecule has 240 valence electrons. The molecule has 2 heterocycles. The van der Waals surface area contributed by atoms with Crippen LogP contribution in [0.4, 0.5) is 10.5 Å². The molecule has 4 aromatic rings. The Morgan fingerprint density at radius 2 is 1.67 bits per heavy atom. The van der Waals surface area contributed by atoms with Crippen molar-refractivity contribution in [2.24, 2.45) is 0 Å². The highest BCUT2D eigenvalue weighted by Gasteiger charge is 2.33. The number of amides is 2. The van der Waals surface area contributed by atoms with Crippen LogP contribution in [-0.2, 0) is 20.7 Å². The minimum absolute atomic E-state index is 0.0121. The summed E-state index contributed by atoms with van der Waals surface area (Å²) in [5, 5.41) is 11.0. The van der Waals surface area contributed by atoms with Crippen molar-refractivity contribution < 1.29 is 19.1 Å². The van der Waals surface area contributed by atoms with E-state index in [1.54, 1.807) is 18.0 Å². The monoisotopic (exact) mass is 658 g/mol. The molecule has 0 unspecified atom stereocenters. The first-order valence-corrected chi connectivity index (χ1v) is 16.7. The zero-order valence-electron chi connectivity index (χ0n) is 25.9. The van der Waals surface area contributed by atoms with Gasteiger partial charge in [-0.1, -0.05) is 90.5 Å². The van der Waals surface area contributed by atoms with Gasteiger partial charge in [-0.3, -0.25) is 4.79 Å². The van der Waals surface area contributed by atoms with E-state index < -0.39 is 18.1 Å². The fraction of sp³-hybridized carbons (Fsp3) is 0.306. The summed E-state index contributed by atoms with van der Waals surface area (Å²) in [4.78, 5) is 31.0. The van der Waals surface area contributed by atoms with Gasteiger partial charge in [-0.05, 0) is 54.7 Å². The number of thioether (sulfide) groups is 1. The maximum atomic E-state index is 14.1. The lowest BCUT2D eigenvalue weighted by Gasteiger charge is -2.36. The van der Waals surface area contributed by atoms with Crippen LogP contribution >= 0.6 is 23.4 Å². The number of alkyl carbamates (subject to hydrolysis) is 1. The lowest BCUT2D eigenvalue weighted by Crippen LogP contribution is -2.52. The molecule has 0 aliphatic carbocycles. The van der Waals surface area contributed by atoms with Gasteiger partial charge in [0.1, 0.15) is 6.04 Å². The van der Waals surface area contributed by atoms with Gasteiger partial charge in [0.25, 0.3) is 0 Å². The molecular formula is C36H39ClN4O4S. The number of benzene rings is 3. The van der Waals surface area contributed by atoms with Crippen LogP contribution in [0.15, 0.2) is 108 Å². The molecule has 1 saturated heterocycles. The standard InChI is InChI=1S/C36H39ClN4O4S/c1-24-31(23-46-32-20-18-28(37)21-39-32)45-29(22-38-24)19-17-25-11-9-10-16-30(25)40-35(42)34(41-36(43)44-2)33(26-12-5-3-6-13-26)27-14-7-4-8-15-27/h3-16,18,20-21,24,29,31,33-34,38H,17,19,22-23H2,1-2H3,(H,40,42)(H,41,43)/t24-,29-,31-,34+/m1/s1. The Kier molecular flexibility index (Phi) is 12.1. The van der Waals surface area contributed by atoms with Crippen LogP contribution in [0.1, 0.15) is 36.0 Å². The highest BCUT2D eigenvalue weighted by molar-refractivity contribution is 7.99. The van der Waals surface area contributed by atoms with Crippen molar-refractivity contribution in [3.05, 3.63) is 125 Å². The Hall–Kier alpha value is -3.89. The van der Waals surface area contributed by atoms with E-state index in [-0.39, 0.29) is 24.2 Å². The number of methoxy groups -OCH3 is 1. The first-order chi connectivity index (χ1) is 22.4. The molecule has 46 heavy (non-hydrogen) atoms. The van der Waals surface area contributed by atoms with Gasteiger partial charge >= 0.3 is 6.09 Å². The third-order valence-electron chi connectivity index (χ3n) is 8.09. The van der Waals surface area contributed by atoms with Gasteiger partial charge in [0, 0.05) is 36.1 Å². The lowest BCUT2D eigenvalue weighted by atomic mass is 9.84. The third kappa shape index (κ3) is 9.10. The number of para-hydroxylation sites is 1. The normalized spacial score (nSPS) is 18.5. The number of carbonyl (C=O) groups excluding carboxylic acids is 2. The Morgan fingerprint density at radius 3 is 2.33 bits per heavy atom. The first-order valence-electron chi connectivity index (χ1n) is 15.4. The maximum absolute atomic E-state index is 14.1. The van der Waals surface area contributed by atoms with Crippen LogP contribution in [0.2, 0.25) is 5.02 Å². The number of hydrogen-bond acceptors (Lipinski definition) is 7. The second-order valence-corrected chi connectivity index (χ2v) is 12.7. The number of nitrogens with zero attached hydrogens (tertiary/aromatic N) is 1. The number of carbonyl (C=O) groups is 2. The number of anilines is 1. The third-order valence-corrected chi connectivity index (χ3v) is 9.35. The van der Waals surface area contributed by atoms with Crippen LogP contribution in [0.3, 0.4) is 0 Å². The van der Waals surface area contributed by atoms with Gasteiger partial charge in [-0.15, -0.1) is 11.8 Å². The molecule has 3 aromatic carbocycles. The minimum Gasteiger partial charge on any atom is -0.453 e. The van der Waals surface area contributed by atoms with Gasteiger partial charge in [0.2, 0.25) is 5.91 Å². The summed E-state index contributed by atoms with van der Waals surface area (Å²) in [6.45, 7) is 2.88. The molecule has 3 N–H and O–H groups in total. The Balaban J connectivity index is 1.28. The highest BCUT2D eigenvalue weighted by atomic mass is 35.5. The second kappa shape index (κ2) is 16.6. The molecule has 1 aromatic heterocycles. The van der Waals surface area contributed by atoms with E-state index in [0.717, 1.165) is 40.4 Å². The number of morpholine rings is 1. The second-order valence-electron chi connectivity index (χ2n) is 11.2. The predicted octanol–water partition coefficient (Wildman–Crippen LogP) is 6.70. The number of hydrogen-bond donors (Lipinski definition) is 3. The molecule has 1 fully saturated rings. The average molecular weight is 659 g/mol. The summed E-state index contributed by atoms with van der Waals surface area (Å²) in [7, 11) is 1.29.